The van der Waals surface area contributed by atoms with Crippen molar-refractivity contribution >= 4 is 11.6 Å². The lowest BCUT2D eigenvalue weighted by Gasteiger charge is -2.29. The van der Waals surface area contributed by atoms with Gasteiger partial charge < -0.3 is 9.64 Å². The number of rotatable bonds is 1. The van der Waals surface area contributed by atoms with E-state index in [1.165, 1.54) is 22.3 Å². The Hall–Kier alpha value is -2.36. The Labute approximate surface area is 147 Å². The van der Waals surface area contributed by atoms with Crippen molar-refractivity contribution in [3.05, 3.63) is 52.8 Å². The number of hydrogen-bond donors (Lipinski definition) is 0. The van der Waals surface area contributed by atoms with Gasteiger partial charge in [0.25, 0.3) is 0 Å². The molecule has 1 fully saturated rings. The first-order chi connectivity index (χ1) is 12.1. The van der Waals surface area contributed by atoms with Gasteiger partial charge in [0.2, 0.25) is 5.91 Å². The summed E-state index contributed by atoms with van der Waals surface area (Å²) in [6.07, 6.45) is 6.47. The lowest BCUT2D eigenvalue weighted by atomic mass is 9.85. The third kappa shape index (κ3) is 2.06. The molecular formula is C21H22N2O2. The summed E-state index contributed by atoms with van der Waals surface area (Å²) < 4.78 is 5.91. The van der Waals surface area contributed by atoms with Crippen molar-refractivity contribution < 1.29 is 9.53 Å². The van der Waals surface area contributed by atoms with Gasteiger partial charge in [0.05, 0.1) is 6.61 Å². The van der Waals surface area contributed by atoms with Crippen molar-refractivity contribution in [2.75, 3.05) is 18.1 Å². The molecule has 3 heterocycles. The maximum absolute atomic E-state index is 13.3. The van der Waals surface area contributed by atoms with Gasteiger partial charge in [-0.3, -0.25) is 9.78 Å². The number of nitrogens with zero attached hydrogens (tertiary/aromatic N) is 2. The number of carbonyl (C=O) groups excluding carboxylic acids is 1. The summed E-state index contributed by atoms with van der Waals surface area (Å²) in [6, 6.07) is 6.36. The first-order valence-corrected chi connectivity index (χ1v) is 9.09. The Kier molecular flexibility index (Phi) is 3.03. The molecular weight excluding hydrogens is 312 g/mol. The fourth-order valence-electron chi connectivity index (χ4n) is 4.62. The lowest BCUT2D eigenvalue weighted by Crippen LogP contribution is -2.34. The van der Waals surface area contributed by atoms with Crippen LogP contribution in [-0.2, 0) is 16.6 Å². The Morgan fingerprint density at radius 3 is 3.04 bits per heavy atom. The second-order valence-corrected chi connectivity index (χ2v) is 7.69. The number of fused-ring (bicyclic) bond motifs is 3. The molecule has 25 heavy (non-hydrogen) atoms. The molecule has 1 spiro atoms. The van der Waals surface area contributed by atoms with E-state index in [1.807, 2.05) is 17.2 Å². The smallest absolute Gasteiger partial charge is 0.231 e. The standard InChI is InChI=1S/C21H22N2O2/c1-13-9-16-19(10-14(13)2)25-8-5-21(16)11-17(21)20(24)23-7-4-15-12-22-6-3-18(15)23/h3,6,9-10,12,17H,4-5,7-8,11H2,1-2H3/t17-,21-/m0/s1. The minimum Gasteiger partial charge on any atom is -0.493 e. The van der Waals surface area contributed by atoms with E-state index in [2.05, 4.69) is 31.0 Å². The molecule has 3 aliphatic rings. The summed E-state index contributed by atoms with van der Waals surface area (Å²) >= 11 is 0. The van der Waals surface area contributed by atoms with Crippen LogP contribution in [0.1, 0.15) is 35.1 Å². The van der Waals surface area contributed by atoms with E-state index in [0.29, 0.717) is 6.61 Å². The molecule has 2 aliphatic heterocycles. The number of pyridine rings is 1. The number of aryl methyl sites for hydroxylation is 2. The van der Waals surface area contributed by atoms with Crippen molar-refractivity contribution in [3.63, 3.8) is 0 Å². The number of benzene rings is 1. The zero-order chi connectivity index (χ0) is 17.2. The predicted molar refractivity (Wildman–Crippen MR) is 96.1 cm³/mol. The van der Waals surface area contributed by atoms with Gasteiger partial charge in [-0.1, -0.05) is 6.07 Å². The summed E-state index contributed by atoms with van der Waals surface area (Å²) in [4.78, 5) is 19.4. The second-order valence-electron chi connectivity index (χ2n) is 7.69. The van der Waals surface area contributed by atoms with E-state index in [4.69, 9.17) is 4.74 Å². The largest absolute Gasteiger partial charge is 0.493 e. The highest BCUT2D eigenvalue weighted by Gasteiger charge is 2.62. The normalized spacial score (nSPS) is 26.2. The van der Waals surface area contributed by atoms with Crippen molar-refractivity contribution in [3.8, 4) is 5.75 Å². The van der Waals surface area contributed by atoms with Crippen molar-refractivity contribution in [1.29, 1.82) is 0 Å². The second kappa shape index (κ2) is 5.07. The van der Waals surface area contributed by atoms with Crippen molar-refractivity contribution in [2.45, 2.75) is 38.5 Å². The zero-order valence-corrected chi connectivity index (χ0v) is 14.7. The molecule has 0 N–H and O–H groups in total. The minimum absolute atomic E-state index is 0.0150. The highest BCUT2D eigenvalue weighted by atomic mass is 16.5. The van der Waals surface area contributed by atoms with Crippen LogP contribution in [0.5, 0.6) is 5.75 Å². The number of hydrogen-bond acceptors (Lipinski definition) is 3. The van der Waals surface area contributed by atoms with Crippen molar-refractivity contribution in [1.82, 2.24) is 4.98 Å². The molecule has 1 aromatic heterocycles. The molecule has 128 valence electrons. The van der Waals surface area contributed by atoms with E-state index < -0.39 is 0 Å². The van der Waals surface area contributed by atoms with Crippen LogP contribution in [0.15, 0.2) is 30.6 Å². The summed E-state index contributed by atoms with van der Waals surface area (Å²) in [6.45, 7) is 5.74. The molecule has 0 saturated heterocycles. The summed E-state index contributed by atoms with van der Waals surface area (Å²) in [5, 5.41) is 0. The first-order valence-electron chi connectivity index (χ1n) is 9.09. The molecule has 2 atom stereocenters. The molecule has 1 saturated carbocycles. The van der Waals surface area contributed by atoms with E-state index in [1.54, 1.807) is 6.20 Å². The predicted octanol–water partition coefficient (Wildman–Crippen LogP) is 3.33. The molecule has 0 unspecified atom stereocenters. The van der Waals surface area contributed by atoms with Gasteiger partial charge in [0, 0.05) is 41.5 Å². The number of amides is 1. The summed E-state index contributed by atoms with van der Waals surface area (Å²) in [5.41, 5.74) is 5.99. The Morgan fingerprint density at radius 2 is 2.16 bits per heavy atom. The van der Waals surface area contributed by atoms with E-state index in [-0.39, 0.29) is 17.2 Å². The van der Waals surface area contributed by atoms with Crippen LogP contribution in [-0.4, -0.2) is 24.0 Å². The quantitative estimate of drug-likeness (QED) is 0.803. The number of aromatic nitrogens is 1. The average molecular weight is 334 g/mol. The Bertz CT molecular complexity index is 891. The van der Waals surface area contributed by atoms with Crippen LogP contribution in [0.25, 0.3) is 0 Å². The van der Waals surface area contributed by atoms with Gasteiger partial charge in [0.1, 0.15) is 5.75 Å². The van der Waals surface area contributed by atoms with Gasteiger partial charge in [-0.25, -0.2) is 0 Å². The summed E-state index contributed by atoms with van der Waals surface area (Å²) in [7, 11) is 0. The molecule has 0 bridgehead atoms. The molecule has 1 aliphatic carbocycles. The lowest BCUT2D eigenvalue weighted by molar-refractivity contribution is -0.120. The maximum atomic E-state index is 13.3. The third-order valence-electron chi connectivity index (χ3n) is 6.35. The molecule has 2 aromatic rings. The maximum Gasteiger partial charge on any atom is 0.231 e. The van der Waals surface area contributed by atoms with Gasteiger partial charge in [-0.15, -0.1) is 0 Å². The van der Waals surface area contributed by atoms with Gasteiger partial charge in [0.15, 0.2) is 0 Å². The fraction of sp³-hybridized carbons (Fsp3) is 0.429. The molecule has 5 rings (SSSR count). The van der Waals surface area contributed by atoms with Crippen LogP contribution in [0, 0.1) is 19.8 Å². The summed E-state index contributed by atoms with van der Waals surface area (Å²) in [5.74, 6) is 1.34. The molecule has 1 amide bonds. The van der Waals surface area contributed by atoms with E-state index in [0.717, 1.165) is 37.2 Å². The first kappa shape index (κ1) is 14.9. The molecule has 4 heteroatoms. The molecule has 1 aromatic carbocycles. The van der Waals surface area contributed by atoms with Crippen LogP contribution < -0.4 is 9.64 Å². The van der Waals surface area contributed by atoms with E-state index in [9.17, 15) is 4.79 Å². The van der Waals surface area contributed by atoms with E-state index >= 15 is 0 Å². The van der Waals surface area contributed by atoms with Gasteiger partial charge >= 0.3 is 0 Å². The number of anilines is 1. The zero-order valence-electron chi connectivity index (χ0n) is 14.7. The van der Waals surface area contributed by atoms with Crippen LogP contribution in [0.3, 0.4) is 0 Å². The monoisotopic (exact) mass is 334 g/mol. The van der Waals surface area contributed by atoms with Gasteiger partial charge in [-0.2, -0.15) is 0 Å². The minimum atomic E-state index is -0.0150. The van der Waals surface area contributed by atoms with Crippen LogP contribution in [0.4, 0.5) is 5.69 Å². The average Bonchev–Trinajstić information content (AvgIpc) is 3.16. The fourth-order valence-corrected chi connectivity index (χ4v) is 4.62. The van der Waals surface area contributed by atoms with Gasteiger partial charge in [-0.05, 0) is 61.9 Å². The van der Waals surface area contributed by atoms with Crippen molar-refractivity contribution in [2.24, 2.45) is 5.92 Å². The Balaban J connectivity index is 1.48. The topological polar surface area (TPSA) is 42.4 Å². The molecule has 0 radical (unpaired) electrons. The highest BCUT2D eigenvalue weighted by Crippen LogP contribution is 2.61. The van der Waals surface area contributed by atoms with Crippen LogP contribution in [0.2, 0.25) is 0 Å². The van der Waals surface area contributed by atoms with Crippen LogP contribution >= 0.6 is 0 Å². The highest BCUT2D eigenvalue weighted by molar-refractivity contribution is 6.00. The SMILES string of the molecule is Cc1cc2c(cc1C)[C@]1(CCO2)C[C@H]1C(=O)N1CCc2cnccc21. The number of ether oxygens (including phenoxy) is 1. The Morgan fingerprint density at radius 1 is 1.32 bits per heavy atom. The third-order valence-corrected chi connectivity index (χ3v) is 6.35. The molecule has 4 nitrogen and oxygen atoms in total. The number of carbonyl (C=O) groups is 1.